The summed E-state index contributed by atoms with van der Waals surface area (Å²) in [7, 11) is 0. The number of carboxylic acid groups (broad SMARTS) is 1. The third kappa shape index (κ3) is 39.8. The van der Waals surface area contributed by atoms with E-state index in [0.717, 1.165) is 6.54 Å². The lowest BCUT2D eigenvalue weighted by molar-refractivity contribution is 0.195. The lowest BCUT2D eigenvalue weighted by Gasteiger charge is -1.87. The molecule has 0 aliphatic rings. The standard InChI is InChI=1S/C3H7NO2.C2H7N/c1-2-4-3(5)6;1-2-3/h4H,2H2,1H3,(H,5,6);2-3H2,1H3. The second-order valence-corrected chi connectivity index (χ2v) is 1.24. The third-order valence-electron chi connectivity index (χ3n) is 0.328. The zero-order valence-corrected chi connectivity index (χ0v) is 5.85. The molecule has 0 saturated carbocycles. The Hall–Kier alpha value is -0.770. The van der Waals surface area contributed by atoms with E-state index in [1.54, 1.807) is 6.92 Å². The van der Waals surface area contributed by atoms with Crippen LogP contribution in [0.4, 0.5) is 4.79 Å². The molecule has 9 heavy (non-hydrogen) atoms. The molecule has 56 valence electrons. The highest BCUT2D eigenvalue weighted by Crippen LogP contribution is 1.54. The first-order chi connectivity index (χ1) is 4.18. The van der Waals surface area contributed by atoms with Crippen LogP contribution in [0.5, 0.6) is 0 Å². The Morgan fingerprint density at radius 2 is 2.00 bits per heavy atom. The monoisotopic (exact) mass is 134 g/mol. The minimum Gasteiger partial charge on any atom is -0.465 e. The minimum atomic E-state index is -0.961. The average molecular weight is 134 g/mol. The van der Waals surface area contributed by atoms with Gasteiger partial charge >= 0.3 is 6.09 Å². The molecule has 0 rings (SSSR count). The maximum atomic E-state index is 9.49. The van der Waals surface area contributed by atoms with Gasteiger partial charge in [-0.25, -0.2) is 4.79 Å². The average Bonchev–Trinajstić information content (AvgIpc) is 1.67. The maximum Gasteiger partial charge on any atom is 0.404 e. The molecule has 0 unspecified atom stereocenters. The molecule has 0 fully saturated rings. The van der Waals surface area contributed by atoms with Crippen LogP contribution in [0.1, 0.15) is 13.8 Å². The summed E-state index contributed by atoms with van der Waals surface area (Å²) in [5.74, 6) is 0. The van der Waals surface area contributed by atoms with Crippen molar-refractivity contribution in [2.75, 3.05) is 13.1 Å². The second kappa shape index (κ2) is 10.3. The molecule has 1 amide bonds. The van der Waals surface area contributed by atoms with Crippen molar-refractivity contribution >= 4 is 6.09 Å². The SMILES string of the molecule is CCN.CCNC(=O)O. The van der Waals surface area contributed by atoms with Crippen LogP contribution in [0.3, 0.4) is 0 Å². The first-order valence-electron chi connectivity index (χ1n) is 2.85. The molecule has 0 heterocycles. The van der Waals surface area contributed by atoms with E-state index in [9.17, 15) is 4.79 Å². The van der Waals surface area contributed by atoms with Crippen molar-refractivity contribution in [1.29, 1.82) is 0 Å². The van der Waals surface area contributed by atoms with Gasteiger partial charge in [-0.1, -0.05) is 6.92 Å². The summed E-state index contributed by atoms with van der Waals surface area (Å²) in [6.07, 6.45) is -0.961. The van der Waals surface area contributed by atoms with Gasteiger partial charge < -0.3 is 16.2 Å². The molecule has 0 aromatic heterocycles. The minimum absolute atomic E-state index is 0.481. The number of rotatable bonds is 1. The molecule has 0 atom stereocenters. The molecule has 4 N–H and O–H groups in total. The Bertz CT molecular complexity index is 66.0. The lowest BCUT2D eigenvalue weighted by atomic mass is 10.8. The van der Waals surface area contributed by atoms with Crippen LogP contribution < -0.4 is 11.1 Å². The summed E-state index contributed by atoms with van der Waals surface area (Å²) >= 11 is 0. The quantitative estimate of drug-likeness (QED) is 0.480. The van der Waals surface area contributed by atoms with E-state index < -0.39 is 6.09 Å². The molecule has 0 aromatic rings. The maximum absolute atomic E-state index is 9.49. The van der Waals surface area contributed by atoms with Gasteiger partial charge in [-0.3, -0.25) is 0 Å². The summed E-state index contributed by atoms with van der Waals surface area (Å²) in [4.78, 5) is 9.49. The fraction of sp³-hybridized carbons (Fsp3) is 0.800. The summed E-state index contributed by atoms with van der Waals surface area (Å²) in [6.45, 7) is 4.86. The summed E-state index contributed by atoms with van der Waals surface area (Å²) in [5.41, 5.74) is 4.85. The molecular weight excluding hydrogens is 120 g/mol. The fourth-order valence-corrected chi connectivity index (χ4v) is 0.151. The molecule has 0 aromatic carbocycles. The van der Waals surface area contributed by atoms with Crippen LogP contribution >= 0.6 is 0 Å². The van der Waals surface area contributed by atoms with Crippen molar-refractivity contribution in [3.05, 3.63) is 0 Å². The number of nitrogens with one attached hydrogen (secondary N) is 1. The molecule has 4 nitrogen and oxygen atoms in total. The van der Waals surface area contributed by atoms with Gasteiger partial charge in [-0.2, -0.15) is 0 Å². The number of hydrogen-bond donors (Lipinski definition) is 3. The Labute approximate surface area is 55.1 Å². The Morgan fingerprint density at radius 1 is 1.67 bits per heavy atom. The van der Waals surface area contributed by atoms with E-state index in [-0.39, 0.29) is 0 Å². The van der Waals surface area contributed by atoms with Crippen LogP contribution in [0.15, 0.2) is 0 Å². The largest absolute Gasteiger partial charge is 0.465 e. The van der Waals surface area contributed by atoms with Gasteiger partial charge in [0.1, 0.15) is 0 Å². The molecule has 0 aliphatic carbocycles. The van der Waals surface area contributed by atoms with Gasteiger partial charge in [-0.15, -0.1) is 0 Å². The Kier molecular flexibility index (Phi) is 12.6. The normalized spacial score (nSPS) is 7.00. The van der Waals surface area contributed by atoms with Crippen LogP contribution in [0.25, 0.3) is 0 Å². The van der Waals surface area contributed by atoms with Gasteiger partial charge in [0.05, 0.1) is 0 Å². The molecule has 4 heteroatoms. The van der Waals surface area contributed by atoms with Crippen LogP contribution in [0, 0.1) is 0 Å². The zero-order valence-electron chi connectivity index (χ0n) is 5.85. The molecule has 0 radical (unpaired) electrons. The van der Waals surface area contributed by atoms with Crippen LogP contribution in [-0.2, 0) is 0 Å². The smallest absolute Gasteiger partial charge is 0.404 e. The molecule has 0 spiro atoms. The van der Waals surface area contributed by atoms with Crippen molar-refractivity contribution in [2.45, 2.75) is 13.8 Å². The molecule has 0 saturated heterocycles. The van der Waals surface area contributed by atoms with Crippen LogP contribution in [0.2, 0.25) is 0 Å². The van der Waals surface area contributed by atoms with Crippen molar-refractivity contribution in [3.63, 3.8) is 0 Å². The molecular formula is C5H14N2O2. The Balaban J connectivity index is 0. The zero-order chi connectivity index (χ0) is 7.70. The predicted molar refractivity (Wildman–Crippen MR) is 36.4 cm³/mol. The number of carbonyl (C=O) groups is 1. The highest BCUT2D eigenvalue weighted by molar-refractivity contribution is 5.64. The highest BCUT2D eigenvalue weighted by atomic mass is 16.4. The van der Waals surface area contributed by atoms with Gasteiger partial charge in [0, 0.05) is 6.54 Å². The highest BCUT2D eigenvalue weighted by Gasteiger charge is 1.82. The van der Waals surface area contributed by atoms with Crippen molar-refractivity contribution in [3.8, 4) is 0 Å². The van der Waals surface area contributed by atoms with Gasteiger partial charge in [-0.05, 0) is 13.5 Å². The van der Waals surface area contributed by atoms with Crippen molar-refractivity contribution in [1.82, 2.24) is 5.32 Å². The topological polar surface area (TPSA) is 75.3 Å². The lowest BCUT2D eigenvalue weighted by Crippen LogP contribution is -2.19. The summed E-state index contributed by atoms with van der Waals surface area (Å²) in [6, 6.07) is 0. The van der Waals surface area contributed by atoms with E-state index in [4.69, 9.17) is 10.8 Å². The molecule has 0 bridgehead atoms. The van der Waals surface area contributed by atoms with Crippen LogP contribution in [-0.4, -0.2) is 24.3 Å². The summed E-state index contributed by atoms with van der Waals surface area (Å²) < 4.78 is 0. The van der Waals surface area contributed by atoms with E-state index >= 15 is 0 Å². The van der Waals surface area contributed by atoms with Crippen molar-refractivity contribution in [2.24, 2.45) is 5.73 Å². The number of nitrogens with two attached hydrogens (primary N) is 1. The first kappa shape index (κ1) is 11.1. The van der Waals surface area contributed by atoms with Gasteiger partial charge in [0.15, 0.2) is 0 Å². The fourth-order valence-electron chi connectivity index (χ4n) is 0.151. The number of amides is 1. The summed E-state index contributed by atoms with van der Waals surface area (Å²) in [5, 5.41) is 9.93. The number of hydrogen-bond acceptors (Lipinski definition) is 2. The molecule has 0 aliphatic heterocycles. The predicted octanol–water partition coefficient (Wildman–Crippen LogP) is 0.239. The van der Waals surface area contributed by atoms with Gasteiger partial charge in [0.25, 0.3) is 0 Å². The van der Waals surface area contributed by atoms with E-state index in [0.29, 0.717) is 6.54 Å². The van der Waals surface area contributed by atoms with E-state index in [2.05, 4.69) is 5.32 Å². The third-order valence-corrected chi connectivity index (χ3v) is 0.328. The Morgan fingerprint density at radius 3 is 2.00 bits per heavy atom. The van der Waals surface area contributed by atoms with Gasteiger partial charge in [0.2, 0.25) is 0 Å². The van der Waals surface area contributed by atoms with Crippen molar-refractivity contribution < 1.29 is 9.90 Å². The second-order valence-electron chi connectivity index (χ2n) is 1.24. The first-order valence-corrected chi connectivity index (χ1v) is 2.85. The van der Waals surface area contributed by atoms with E-state index in [1.165, 1.54) is 0 Å². The van der Waals surface area contributed by atoms with E-state index in [1.807, 2.05) is 6.92 Å².